The van der Waals surface area contributed by atoms with Gasteiger partial charge in [0.1, 0.15) is 0 Å². The average molecular weight is 360 g/mol. The van der Waals surface area contributed by atoms with Crippen molar-refractivity contribution < 1.29 is 4.79 Å². The zero-order valence-corrected chi connectivity index (χ0v) is 15.9. The Morgan fingerprint density at radius 1 is 1.15 bits per heavy atom. The minimum absolute atomic E-state index is 0.00514. The van der Waals surface area contributed by atoms with Crippen molar-refractivity contribution in [3.05, 3.63) is 71.5 Å². The van der Waals surface area contributed by atoms with Gasteiger partial charge in [0.25, 0.3) is 5.91 Å². The predicted molar refractivity (Wildman–Crippen MR) is 109 cm³/mol. The number of fused-ring (bicyclic) bond motifs is 1. The van der Waals surface area contributed by atoms with Crippen LogP contribution in [0.2, 0.25) is 0 Å². The zero-order valence-electron chi connectivity index (χ0n) is 15.9. The molecule has 0 spiro atoms. The van der Waals surface area contributed by atoms with Gasteiger partial charge in [-0.2, -0.15) is 5.10 Å². The highest BCUT2D eigenvalue weighted by atomic mass is 16.2. The van der Waals surface area contributed by atoms with Gasteiger partial charge in [0, 0.05) is 25.0 Å². The molecule has 27 heavy (non-hydrogen) atoms. The van der Waals surface area contributed by atoms with Gasteiger partial charge in [0.2, 0.25) is 0 Å². The number of benzene rings is 2. The molecule has 138 valence electrons. The third-order valence-corrected chi connectivity index (χ3v) is 5.29. The van der Waals surface area contributed by atoms with E-state index in [0.29, 0.717) is 12.1 Å². The lowest BCUT2D eigenvalue weighted by Gasteiger charge is -2.36. The van der Waals surface area contributed by atoms with E-state index in [0.717, 1.165) is 23.5 Å². The van der Waals surface area contributed by atoms with E-state index in [-0.39, 0.29) is 11.9 Å². The van der Waals surface area contributed by atoms with Gasteiger partial charge >= 0.3 is 0 Å². The molecule has 1 atom stereocenters. The molecular formula is C22H24N4O. The molecule has 0 bridgehead atoms. The van der Waals surface area contributed by atoms with Crippen molar-refractivity contribution in [3.8, 4) is 5.69 Å². The number of rotatable bonds is 3. The summed E-state index contributed by atoms with van der Waals surface area (Å²) in [5.74, 6) is 0.00514. The number of hydrogen-bond acceptors (Lipinski definition) is 3. The van der Waals surface area contributed by atoms with Crippen molar-refractivity contribution >= 4 is 17.3 Å². The normalized spacial score (nSPS) is 16.0. The van der Waals surface area contributed by atoms with Crippen LogP contribution in [0.25, 0.3) is 5.69 Å². The number of amides is 1. The molecule has 2 aromatic carbocycles. The Morgan fingerprint density at radius 3 is 2.67 bits per heavy atom. The molecule has 1 unspecified atom stereocenters. The Hall–Kier alpha value is -3.08. The van der Waals surface area contributed by atoms with Gasteiger partial charge < -0.3 is 10.2 Å². The predicted octanol–water partition coefficient (Wildman–Crippen LogP) is 4.34. The van der Waals surface area contributed by atoms with Crippen molar-refractivity contribution in [2.45, 2.75) is 33.2 Å². The molecule has 1 aromatic heterocycles. The molecule has 1 N–H and O–H groups in total. The summed E-state index contributed by atoms with van der Waals surface area (Å²) < 4.78 is 1.74. The largest absolute Gasteiger partial charge is 0.379 e. The van der Waals surface area contributed by atoms with Crippen LogP contribution in [-0.2, 0) is 0 Å². The van der Waals surface area contributed by atoms with Crippen LogP contribution < -0.4 is 10.2 Å². The average Bonchev–Trinajstić information content (AvgIpc) is 3.22. The van der Waals surface area contributed by atoms with E-state index < -0.39 is 0 Å². The monoisotopic (exact) mass is 360 g/mol. The minimum atomic E-state index is 0.00514. The smallest absolute Gasteiger partial charge is 0.260 e. The van der Waals surface area contributed by atoms with Crippen molar-refractivity contribution in [2.75, 3.05) is 16.8 Å². The summed E-state index contributed by atoms with van der Waals surface area (Å²) in [6.45, 7) is 6.98. The van der Waals surface area contributed by atoms with E-state index in [2.05, 4.69) is 43.3 Å². The van der Waals surface area contributed by atoms with Gasteiger partial charge in [-0.15, -0.1) is 0 Å². The van der Waals surface area contributed by atoms with E-state index in [1.807, 2.05) is 41.4 Å². The number of carbonyl (C=O) groups is 1. The third kappa shape index (κ3) is 3.10. The number of aryl methyl sites for hydroxylation is 2. The summed E-state index contributed by atoms with van der Waals surface area (Å²) >= 11 is 0. The molecule has 1 aliphatic rings. The van der Waals surface area contributed by atoms with E-state index >= 15 is 0 Å². The first kappa shape index (κ1) is 17.3. The van der Waals surface area contributed by atoms with Gasteiger partial charge in [-0.3, -0.25) is 4.79 Å². The van der Waals surface area contributed by atoms with Crippen molar-refractivity contribution in [3.63, 3.8) is 0 Å². The molecule has 1 amide bonds. The van der Waals surface area contributed by atoms with Crippen molar-refractivity contribution in [1.82, 2.24) is 9.78 Å². The lowest BCUT2D eigenvalue weighted by atomic mass is 10.0. The molecule has 5 heteroatoms. The Labute approximate surface area is 159 Å². The fraction of sp³-hybridized carbons (Fsp3) is 0.273. The molecular weight excluding hydrogens is 336 g/mol. The first-order valence-electron chi connectivity index (χ1n) is 9.37. The highest BCUT2D eigenvalue weighted by Crippen LogP contribution is 2.35. The van der Waals surface area contributed by atoms with E-state index in [4.69, 9.17) is 0 Å². The SMILES string of the molecule is CCC1CN(C(=O)c2ccccc2-n2cccn2)c2cc(C)c(C)cc2N1. The zero-order chi connectivity index (χ0) is 19.0. The molecule has 0 saturated carbocycles. The summed E-state index contributed by atoms with van der Waals surface area (Å²) in [4.78, 5) is 15.5. The van der Waals surface area contributed by atoms with Crippen molar-refractivity contribution in [1.29, 1.82) is 0 Å². The molecule has 0 aliphatic carbocycles. The molecule has 5 nitrogen and oxygen atoms in total. The topological polar surface area (TPSA) is 50.2 Å². The van der Waals surface area contributed by atoms with Gasteiger partial charge in [0.05, 0.1) is 22.6 Å². The third-order valence-electron chi connectivity index (χ3n) is 5.29. The number of nitrogens with one attached hydrogen (secondary N) is 1. The van der Waals surface area contributed by atoms with E-state index in [1.165, 1.54) is 11.1 Å². The van der Waals surface area contributed by atoms with Crippen LogP contribution in [0.1, 0.15) is 34.8 Å². The summed E-state index contributed by atoms with van der Waals surface area (Å²) in [7, 11) is 0. The van der Waals surface area contributed by atoms with Crippen LogP contribution in [0, 0.1) is 13.8 Å². The van der Waals surface area contributed by atoms with Crippen LogP contribution in [-0.4, -0.2) is 28.3 Å². The van der Waals surface area contributed by atoms with Crippen LogP contribution >= 0.6 is 0 Å². The van der Waals surface area contributed by atoms with Crippen LogP contribution in [0.15, 0.2) is 54.9 Å². The molecule has 2 heterocycles. The summed E-state index contributed by atoms with van der Waals surface area (Å²) in [6.07, 6.45) is 4.54. The van der Waals surface area contributed by atoms with Crippen LogP contribution in [0.4, 0.5) is 11.4 Å². The highest BCUT2D eigenvalue weighted by molar-refractivity contribution is 6.10. The Kier molecular flexibility index (Phi) is 4.44. The van der Waals surface area contributed by atoms with Crippen LogP contribution in [0.3, 0.4) is 0 Å². The fourth-order valence-electron chi connectivity index (χ4n) is 3.56. The fourth-order valence-corrected chi connectivity index (χ4v) is 3.56. The highest BCUT2D eigenvalue weighted by Gasteiger charge is 2.29. The quantitative estimate of drug-likeness (QED) is 0.756. The molecule has 3 aromatic rings. The summed E-state index contributed by atoms with van der Waals surface area (Å²) in [5, 5.41) is 7.89. The second kappa shape index (κ2) is 6.91. The van der Waals surface area contributed by atoms with Gasteiger partial charge in [-0.25, -0.2) is 4.68 Å². The number of aromatic nitrogens is 2. The number of anilines is 2. The number of para-hydroxylation sites is 1. The van der Waals surface area contributed by atoms with Crippen molar-refractivity contribution in [2.24, 2.45) is 0 Å². The van der Waals surface area contributed by atoms with E-state index in [9.17, 15) is 4.79 Å². The summed E-state index contributed by atoms with van der Waals surface area (Å²) in [6, 6.07) is 14.0. The Morgan fingerprint density at radius 2 is 1.93 bits per heavy atom. The minimum Gasteiger partial charge on any atom is -0.379 e. The van der Waals surface area contributed by atoms with Gasteiger partial charge in [0.15, 0.2) is 0 Å². The second-order valence-electron chi connectivity index (χ2n) is 7.09. The number of carbonyl (C=O) groups excluding carboxylic acids is 1. The summed E-state index contributed by atoms with van der Waals surface area (Å²) in [5.41, 5.74) is 5.83. The first-order chi connectivity index (χ1) is 13.1. The lowest BCUT2D eigenvalue weighted by molar-refractivity contribution is 0.0984. The van der Waals surface area contributed by atoms with Crippen LogP contribution in [0.5, 0.6) is 0 Å². The maximum Gasteiger partial charge on any atom is 0.260 e. The molecule has 0 fully saturated rings. The molecule has 4 rings (SSSR count). The maximum absolute atomic E-state index is 13.6. The molecule has 0 radical (unpaired) electrons. The molecule has 0 saturated heterocycles. The first-order valence-corrected chi connectivity index (χ1v) is 9.37. The number of nitrogens with zero attached hydrogens (tertiary/aromatic N) is 3. The standard InChI is InChI=1S/C22H24N4O/c1-4-17-14-25(21-13-16(3)15(2)12-19(21)24-17)22(27)18-8-5-6-9-20(18)26-11-7-10-23-26/h5-13,17,24H,4,14H2,1-3H3. The second-order valence-corrected chi connectivity index (χ2v) is 7.09. The van der Waals surface area contributed by atoms with Gasteiger partial charge in [-0.05, 0) is 61.7 Å². The van der Waals surface area contributed by atoms with Gasteiger partial charge in [-0.1, -0.05) is 19.1 Å². The lowest BCUT2D eigenvalue weighted by Crippen LogP contribution is -2.45. The Bertz CT molecular complexity index is 978. The Balaban J connectivity index is 1.80. The maximum atomic E-state index is 13.6. The number of hydrogen-bond donors (Lipinski definition) is 1. The van der Waals surface area contributed by atoms with E-state index in [1.54, 1.807) is 10.9 Å². The molecule has 1 aliphatic heterocycles.